The normalized spacial score (nSPS) is 13.7. The van der Waals surface area contributed by atoms with Crippen LogP contribution >= 0.6 is 0 Å². The summed E-state index contributed by atoms with van der Waals surface area (Å²) >= 11 is 0. The molecule has 4 atom stereocenters. The Balaban J connectivity index is 3.57. The summed E-state index contributed by atoms with van der Waals surface area (Å²) in [4.78, 5) is 12.6. The van der Waals surface area contributed by atoms with Gasteiger partial charge in [0.05, 0.1) is 18.8 Å². The summed E-state index contributed by atoms with van der Waals surface area (Å²) in [6.07, 6.45) is 74.2. The summed E-state index contributed by atoms with van der Waals surface area (Å²) in [6, 6.07) is -0.989. The van der Waals surface area contributed by atoms with Crippen LogP contribution in [-0.4, -0.2) is 57.3 Å². The van der Waals surface area contributed by atoms with E-state index in [9.17, 15) is 25.2 Å². The molecule has 4 unspecified atom stereocenters. The first-order chi connectivity index (χ1) is 35.0. The van der Waals surface area contributed by atoms with E-state index in [1.54, 1.807) is 0 Å². The van der Waals surface area contributed by atoms with Gasteiger partial charge in [0.15, 0.2) is 0 Å². The number of hydrogen-bond acceptors (Lipinski definition) is 5. The number of allylic oxidation sites excluding steroid dienone is 4. The highest BCUT2D eigenvalue weighted by molar-refractivity contribution is 5.80. The first-order valence-corrected chi connectivity index (χ1v) is 32.2. The quantitative estimate of drug-likeness (QED) is 0.0308. The summed E-state index contributed by atoms with van der Waals surface area (Å²) in [7, 11) is 0. The molecule has 5 N–H and O–H groups in total. The molecule has 0 rings (SSSR count). The molecule has 0 aromatic heterocycles. The number of aliphatic hydroxyl groups is 4. The van der Waals surface area contributed by atoms with E-state index in [0.29, 0.717) is 12.8 Å². The Bertz CT molecular complexity index is 1080. The van der Waals surface area contributed by atoms with Crippen LogP contribution in [0.5, 0.6) is 0 Å². The van der Waals surface area contributed by atoms with Gasteiger partial charge in [0.2, 0.25) is 5.91 Å². The van der Waals surface area contributed by atoms with Crippen LogP contribution in [0.2, 0.25) is 0 Å². The zero-order valence-corrected chi connectivity index (χ0v) is 48.0. The summed E-state index contributed by atoms with van der Waals surface area (Å²) in [5, 5.41) is 44.2. The molecule has 1 amide bonds. The SMILES string of the molecule is CCCCCCCCCCC/C=C\C/C=C\CCCCCCCCCCC(O)C(=O)NC(CO)C(O)C(O)CCCCCCCCCCCCCCCCCCCCCCCCCCCCCCCCC. The summed E-state index contributed by atoms with van der Waals surface area (Å²) in [6.45, 7) is 4.10. The van der Waals surface area contributed by atoms with Crippen molar-refractivity contribution >= 4 is 5.91 Å². The Morgan fingerprint density at radius 3 is 0.887 bits per heavy atom. The van der Waals surface area contributed by atoms with Crippen LogP contribution in [0.15, 0.2) is 24.3 Å². The van der Waals surface area contributed by atoms with Crippen LogP contribution in [0.1, 0.15) is 354 Å². The summed E-state index contributed by atoms with van der Waals surface area (Å²) in [5.74, 6) is -0.583. The van der Waals surface area contributed by atoms with E-state index in [0.717, 1.165) is 44.9 Å². The molecule has 0 fully saturated rings. The predicted molar refractivity (Wildman–Crippen MR) is 311 cm³/mol. The molecular formula is C65H127NO5. The lowest BCUT2D eigenvalue weighted by molar-refractivity contribution is -0.132. The molecule has 0 saturated carbocycles. The zero-order valence-electron chi connectivity index (χ0n) is 48.0. The van der Waals surface area contributed by atoms with Crippen molar-refractivity contribution < 1.29 is 25.2 Å². The highest BCUT2D eigenvalue weighted by Crippen LogP contribution is 2.19. The van der Waals surface area contributed by atoms with Crippen molar-refractivity contribution in [3.05, 3.63) is 24.3 Å². The van der Waals surface area contributed by atoms with E-state index < -0.39 is 36.9 Å². The van der Waals surface area contributed by atoms with Crippen molar-refractivity contribution in [2.24, 2.45) is 0 Å². The van der Waals surface area contributed by atoms with Crippen LogP contribution in [0.25, 0.3) is 0 Å². The topological polar surface area (TPSA) is 110 Å². The van der Waals surface area contributed by atoms with Crippen molar-refractivity contribution in [2.75, 3.05) is 6.61 Å². The minimum Gasteiger partial charge on any atom is -0.394 e. The number of rotatable bonds is 60. The first-order valence-electron chi connectivity index (χ1n) is 32.2. The second-order valence-electron chi connectivity index (χ2n) is 22.5. The molecule has 0 saturated heterocycles. The number of aliphatic hydroxyl groups excluding tert-OH is 4. The summed E-state index contributed by atoms with van der Waals surface area (Å²) in [5.41, 5.74) is 0. The molecule has 0 bridgehead atoms. The fourth-order valence-electron chi connectivity index (χ4n) is 10.4. The Morgan fingerprint density at radius 1 is 0.352 bits per heavy atom. The van der Waals surface area contributed by atoms with Crippen molar-refractivity contribution in [1.29, 1.82) is 0 Å². The third-order valence-corrected chi connectivity index (χ3v) is 15.4. The highest BCUT2D eigenvalue weighted by atomic mass is 16.3. The molecule has 6 heteroatoms. The average Bonchev–Trinajstić information content (AvgIpc) is 3.38. The maximum atomic E-state index is 12.6. The third-order valence-electron chi connectivity index (χ3n) is 15.4. The van der Waals surface area contributed by atoms with E-state index in [-0.39, 0.29) is 0 Å². The maximum absolute atomic E-state index is 12.6. The van der Waals surface area contributed by atoms with E-state index in [2.05, 4.69) is 43.5 Å². The van der Waals surface area contributed by atoms with Gasteiger partial charge < -0.3 is 25.7 Å². The number of amides is 1. The lowest BCUT2D eigenvalue weighted by atomic mass is 9.99. The molecule has 71 heavy (non-hydrogen) atoms. The standard InChI is InChI=1S/C65H127NO5/c1-3-5-7-9-11-13-15-17-19-21-23-25-27-29-30-31-32-33-34-35-37-38-40-42-44-46-48-50-52-54-56-58-62(68)64(70)61(60-67)66-65(71)63(69)59-57-55-53-51-49-47-45-43-41-39-36-28-26-24-22-20-18-16-14-12-10-8-6-4-2/h24,26,36,39,61-64,67-70H,3-23,25,27-35,37-38,40-60H2,1-2H3,(H,66,71)/b26-24-,39-36-. The van der Waals surface area contributed by atoms with Crippen LogP contribution in [-0.2, 0) is 4.79 Å². The van der Waals surface area contributed by atoms with Crippen LogP contribution in [0, 0.1) is 0 Å². The largest absolute Gasteiger partial charge is 0.394 e. The van der Waals surface area contributed by atoms with Gasteiger partial charge in [0.25, 0.3) is 0 Å². The number of carbonyl (C=O) groups is 1. The lowest BCUT2D eigenvalue weighted by Crippen LogP contribution is -2.53. The van der Waals surface area contributed by atoms with Gasteiger partial charge in [-0.15, -0.1) is 0 Å². The van der Waals surface area contributed by atoms with Gasteiger partial charge in [-0.1, -0.05) is 334 Å². The van der Waals surface area contributed by atoms with Crippen LogP contribution in [0.3, 0.4) is 0 Å². The van der Waals surface area contributed by atoms with Crippen molar-refractivity contribution in [1.82, 2.24) is 5.32 Å². The second kappa shape index (κ2) is 59.7. The summed E-state index contributed by atoms with van der Waals surface area (Å²) < 4.78 is 0. The highest BCUT2D eigenvalue weighted by Gasteiger charge is 2.28. The van der Waals surface area contributed by atoms with E-state index in [1.807, 2.05) is 0 Å². The molecule has 0 heterocycles. The van der Waals surface area contributed by atoms with Gasteiger partial charge in [0.1, 0.15) is 12.2 Å². The Kier molecular flexibility index (Phi) is 58.6. The average molecular weight is 1000 g/mol. The van der Waals surface area contributed by atoms with E-state index in [4.69, 9.17) is 0 Å². The van der Waals surface area contributed by atoms with Crippen LogP contribution < -0.4 is 5.32 Å². The monoisotopic (exact) mass is 1000 g/mol. The molecule has 0 aromatic carbocycles. The maximum Gasteiger partial charge on any atom is 0.249 e. The molecule has 0 spiro atoms. The molecule has 6 nitrogen and oxygen atoms in total. The number of nitrogens with one attached hydrogen (secondary N) is 1. The fourth-order valence-corrected chi connectivity index (χ4v) is 10.4. The lowest BCUT2D eigenvalue weighted by Gasteiger charge is -2.27. The Hall–Kier alpha value is -1.21. The molecule has 422 valence electrons. The Labute approximate surface area is 444 Å². The molecule has 0 aliphatic heterocycles. The molecule has 0 aliphatic carbocycles. The van der Waals surface area contributed by atoms with Crippen LogP contribution in [0.4, 0.5) is 0 Å². The Morgan fingerprint density at radius 2 is 0.606 bits per heavy atom. The number of carbonyl (C=O) groups excluding carboxylic acids is 1. The molecule has 0 aromatic rings. The minimum atomic E-state index is -1.26. The van der Waals surface area contributed by atoms with Gasteiger partial charge >= 0.3 is 0 Å². The van der Waals surface area contributed by atoms with Gasteiger partial charge in [0, 0.05) is 0 Å². The van der Waals surface area contributed by atoms with Crippen molar-refractivity contribution in [3.63, 3.8) is 0 Å². The van der Waals surface area contributed by atoms with E-state index >= 15 is 0 Å². The minimum absolute atomic E-state index is 0.364. The molecular weight excluding hydrogens is 875 g/mol. The van der Waals surface area contributed by atoms with Gasteiger partial charge in [-0.2, -0.15) is 0 Å². The third kappa shape index (κ3) is 53.4. The number of hydrogen-bond donors (Lipinski definition) is 5. The molecule has 0 aliphatic rings. The first kappa shape index (κ1) is 69.8. The van der Waals surface area contributed by atoms with Gasteiger partial charge in [-0.25, -0.2) is 0 Å². The van der Waals surface area contributed by atoms with Gasteiger partial charge in [-0.05, 0) is 44.9 Å². The predicted octanol–water partition coefficient (Wildman–Crippen LogP) is 19.4. The zero-order chi connectivity index (χ0) is 51.6. The smallest absolute Gasteiger partial charge is 0.249 e. The van der Waals surface area contributed by atoms with Crippen molar-refractivity contribution in [2.45, 2.75) is 379 Å². The second-order valence-corrected chi connectivity index (χ2v) is 22.5. The van der Waals surface area contributed by atoms with Gasteiger partial charge in [-0.3, -0.25) is 4.79 Å². The fraction of sp³-hybridized carbons (Fsp3) is 0.923. The number of unbranched alkanes of at least 4 members (excludes halogenated alkanes) is 47. The van der Waals surface area contributed by atoms with E-state index in [1.165, 1.54) is 283 Å². The molecule has 0 radical (unpaired) electrons. The van der Waals surface area contributed by atoms with Crippen molar-refractivity contribution in [3.8, 4) is 0 Å².